The largest absolute Gasteiger partial charge is 0.491 e. The predicted molar refractivity (Wildman–Crippen MR) is 56.4 cm³/mol. The topological polar surface area (TPSA) is 44.5 Å². The summed E-state index contributed by atoms with van der Waals surface area (Å²) in [6, 6.07) is 4.09. The van der Waals surface area contributed by atoms with E-state index in [2.05, 4.69) is 0 Å². The summed E-state index contributed by atoms with van der Waals surface area (Å²) in [5.74, 6) is 0.310. The van der Waals surface area contributed by atoms with Crippen LogP contribution in [0.2, 0.25) is 0 Å². The van der Waals surface area contributed by atoms with E-state index >= 15 is 0 Å². The first-order chi connectivity index (χ1) is 7.15. The fraction of sp³-hybridized carbons (Fsp3) is 0.455. The predicted octanol–water partition coefficient (Wildman–Crippen LogP) is 1.87. The zero-order chi connectivity index (χ0) is 11.3. The molecule has 0 aliphatic heterocycles. The third-order valence-electron chi connectivity index (χ3n) is 2.01. The fourth-order valence-electron chi connectivity index (χ4n) is 1.24. The Morgan fingerprint density at radius 1 is 1.40 bits per heavy atom. The summed E-state index contributed by atoms with van der Waals surface area (Å²) in [6.07, 6.45) is 0. The molecule has 0 amide bonds. The lowest BCUT2D eigenvalue weighted by Gasteiger charge is -2.13. The first-order valence-corrected chi connectivity index (χ1v) is 4.82. The van der Waals surface area contributed by atoms with Crippen molar-refractivity contribution in [2.75, 3.05) is 20.3 Å². The second-order valence-corrected chi connectivity index (χ2v) is 3.31. The molecule has 0 spiro atoms. The van der Waals surface area contributed by atoms with Crippen LogP contribution in [-0.2, 0) is 4.74 Å². The molecular formula is C11H16FNO2. The fourth-order valence-corrected chi connectivity index (χ4v) is 1.24. The molecule has 1 rings (SSSR count). The second-order valence-electron chi connectivity index (χ2n) is 3.31. The summed E-state index contributed by atoms with van der Waals surface area (Å²) < 4.78 is 23.2. The molecule has 0 saturated heterocycles. The van der Waals surface area contributed by atoms with E-state index in [9.17, 15) is 4.39 Å². The molecule has 1 aromatic carbocycles. The molecule has 84 valence electrons. The van der Waals surface area contributed by atoms with Gasteiger partial charge in [0.1, 0.15) is 18.2 Å². The Hall–Kier alpha value is -1.13. The Kier molecular flexibility index (Phi) is 4.52. The van der Waals surface area contributed by atoms with Crippen LogP contribution in [0.4, 0.5) is 4.39 Å². The van der Waals surface area contributed by atoms with Crippen LogP contribution in [0.5, 0.6) is 5.75 Å². The number of methoxy groups -OCH3 is 1. The van der Waals surface area contributed by atoms with Crippen LogP contribution in [0.15, 0.2) is 18.2 Å². The normalized spacial score (nSPS) is 12.5. The highest BCUT2D eigenvalue weighted by molar-refractivity contribution is 5.36. The molecule has 1 atom stereocenters. The van der Waals surface area contributed by atoms with E-state index < -0.39 is 0 Å². The molecule has 0 aromatic heterocycles. The van der Waals surface area contributed by atoms with Crippen molar-refractivity contribution in [1.29, 1.82) is 0 Å². The van der Waals surface area contributed by atoms with Crippen molar-refractivity contribution in [1.82, 2.24) is 0 Å². The molecule has 2 N–H and O–H groups in total. The average molecular weight is 213 g/mol. The van der Waals surface area contributed by atoms with Crippen LogP contribution in [-0.4, -0.2) is 20.3 Å². The summed E-state index contributed by atoms with van der Waals surface area (Å²) in [7, 11) is 1.60. The van der Waals surface area contributed by atoms with Gasteiger partial charge in [0, 0.05) is 18.7 Å². The number of ether oxygens (including phenoxy) is 2. The Balaban J connectivity index is 2.77. The molecule has 0 fully saturated rings. The Bertz CT molecular complexity index is 315. The van der Waals surface area contributed by atoms with Gasteiger partial charge in [0.25, 0.3) is 0 Å². The van der Waals surface area contributed by atoms with Crippen molar-refractivity contribution in [3.05, 3.63) is 29.6 Å². The van der Waals surface area contributed by atoms with Gasteiger partial charge in [-0.05, 0) is 25.1 Å². The van der Waals surface area contributed by atoms with Gasteiger partial charge in [0.05, 0.1) is 6.61 Å². The van der Waals surface area contributed by atoms with Gasteiger partial charge in [-0.3, -0.25) is 0 Å². The lowest BCUT2D eigenvalue weighted by Crippen LogP contribution is -2.11. The van der Waals surface area contributed by atoms with Gasteiger partial charge < -0.3 is 15.2 Å². The van der Waals surface area contributed by atoms with Gasteiger partial charge in [-0.25, -0.2) is 4.39 Å². The molecule has 0 bridgehead atoms. The van der Waals surface area contributed by atoms with E-state index in [1.165, 1.54) is 12.1 Å². The van der Waals surface area contributed by atoms with E-state index in [0.717, 1.165) is 0 Å². The number of halogens is 1. The van der Waals surface area contributed by atoms with Crippen molar-refractivity contribution < 1.29 is 13.9 Å². The second kappa shape index (κ2) is 5.68. The molecule has 1 aromatic rings. The highest BCUT2D eigenvalue weighted by atomic mass is 19.1. The van der Waals surface area contributed by atoms with E-state index in [1.54, 1.807) is 20.1 Å². The maximum absolute atomic E-state index is 13.0. The minimum Gasteiger partial charge on any atom is -0.491 e. The summed E-state index contributed by atoms with van der Waals surface area (Å²) in [6.45, 7) is 2.72. The van der Waals surface area contributed by atoms with Crippen LogP contribution in [0, 0.1) is 5.82 Å². The van der Waals surface area contributed by atoms with Crippen LogP contribution in [0.1, 0.15) is 18.5 Å². The van der Waals surface area contributed by atoms with E-state index in [1.807, 2.05) is 0 Å². The number of nitrogens with two attached hydrogens (primary N) is 1. The van der Waals surface area contributed by atoms with Gasteiger partial charge >= 0.3 is 0 Å². The molecule has 0 heterocycles. The molecule has 0 aliphatic carbocycles. The summed E-state index contributed by atoms with van der Waals surface area (Å²) in [5, 5.41) is 0. The SMILES string of the molecule is COCCOc1ccc(F)cc1C(C)N. The van der Waals surface area contributed by atoms with Crippen molar-refractivity contribution in [2.45, 2.75) is 13.0 Å². The monoisotopic (exact) mass is 213 g/mol. The third-order valence-corrected chi connectivity index (χ3v) is 2.01. The molecule has 15 heavy (non-hydrogen) atoms. The number of hydrogen-bond acceptors (Lipinski definition) is 3. The minimum absolute atomic E-state index is 0.252. The Morgan fingerprint density at radius 3 is 2.73 bits per heavy atom. The molecule has 0 aliphatic rings. The Labute approximate surface area is 89.0 Å². The smallest absolute Gasteiger partial charge is 0.124 e. The summed E-state index contributed by atoms with van der Waals surface area (Å²) >= 11 is 0. The van der Waals surface area contributed by atoms with Gasteiger partial charge in [-0.15, -0.1) is 0 Å². The maximum Gasteiger partial charge on any atom is 0.124 e. The number of benzene rings is 1. The van der Waals surface area contributed by atoms with E-state index in [4.69, 9.17) is 15.2 Å². The van der Waals surface area contributed by atoms with Crippen molar-refractivity contribution in [3.63, 3.8) is 0 Å². The molecule has 0 radical (unpaired) electrons. The van der Waals surface area contributed by atoms with Crippen LogP contribution >= 0.6 is 0 Å². The zero-order valence-electron chi connectivity index (χ0n) is 9.00. The van der Waals surface area contributed by atoms with Gasteiger partial charge in [0.15, 0.2) is 0 Å². The molecule has 3 nitrogen and oxygen atoms in total. The van der Waals surface area contributed by atoms with Crippen molar-refractivity contribution >= 4 is 0 Å². The van der Waals surface area contributed by atoms with Crippen molar-refractivity contribution in [2.24, 2.45) is 5.73 Å². The standard InChI is InChI=1S/C11H16FNO2/c1-8(13)10-7-9(12)3-4-11(10)15-6-5-14-2/h3-4,7-8H,5-6,13H2,1-2H3. The summed E-state index contributed by atoms with van der Waals surface area (Å²) in [4.78, 5) is 0. The average Bonchev–Trinajstić information content (AvgIpc) is 2.20. The van der Waals surface area contributed by atoms with Crippen LogP contribution < -0.4 is 10.5 Å². The lowest BCUT2D eigenvalue weighted by molar-refractivity contribution is 0.145. The lowest BCUT2D eigenvalue weighted by atomic mass is 10.1. The first-order valence-electron chi connectivity index (χ1n) is 4.82. The van der Waals surface area contributed by atoms with Crippen LogP contribution in [0.25, 0.3) is 0 Å². The number of rotatable bonds is 5. The quantitative estimate of drug-likeness (QED) is 0.759. The van der Waals surface area contributed by atoms with Gasteiger partial charge in [-0.1, -0.05) is 0 Å². The zero-order valence-corrected chi connectivity index (χ0v) is 9.00. The maximum atomic E-state index is 13.0. The summed E-state index contributed by atoms with van der Waals surface area (Å²) in [5.41, 5.74) is 6.38. The molecule has 0 saturated carbocycles. The van der Waals surface area contributed by atoms with E-state index in [-0.39, 0.29) is 11.9 Å². The van der Waals surface area contributed by atoms with Crippen LogP contribution in [0.3, 0.4) is 0 Å². The minimum atomic E-state index is -0.304. The first kappa shape index (κ1) is 11.9. The third kappa shape index (κ3) is 3.49. The van der Waals surface area contributed by atoms with Gasteiger partial charge in [0.2, 0.25) is 0 Å². The Morgan fingerprint density at radius 2 is 2.13 bits per heavy atom. The number of hydrogen-bond donors (Lipinski definition) is 1. The van der Waals surface area contributed by atoms with E-state index in [0.29, 0.717) is 24.5 Å². The highest BCUT2D eigenvalue weighted by Gasteiger charge is 2.09. The van der Waals surface area contributed by atoms with Crippen molar-refractivity contribution in [3.8, 4) is 5.75 Å². The molecular weight excluding hydrogens is 197 g/mol. The highest BCUT2D eigenvalue weighted by Crippen LogP contribution is 2.24. The molecule has 4 heteroatoms. The molecule has 1 unspecified atom stereocenters. The van der Waals surface area contributed by atoms with Gasteiger partial charge in [-0.2, -0.15) is 0 Å².